The smallest absolute Gasteiger partial charge is 0.220 e. The van der Waals surface area contributed by atoms with Crippen LogP contribution in [0.3, 0.4) is 0 Å². The average molecular weight is 247 g/mol. The van der Waals surface area contributed by atoms with E-state index in [0.717, 1.165) is 0 Å². The Labute approximate surface area is 102 Å². The number of halogens is 1. The first kappa shape index (κ1) is 11.2. The molecule has 0 atom stereocenters. The molecule has 6 heteroatoms. The summed E-state index contributed by atoms with van der Waals surface area (Å²) in [4.78, 5) is 7.80. The first-order valence-electron chi connectivity index (χ1n) is 4.64. The Kier molecular flexibility index (Phi) is 3.08. The van der Waals surface area contributed by atoms with Gasteiger partial charge in [0.25, 0.3) is 0 Å². The van der Waals surface area contributed by atoms with Gasteiger partial charge >= 0.3 is 0 Å². The molecule has 0 saturated heterocycles. The lowest BCUT2D eigenvalue weighted by Gasteiger charge is -2.05. The van der Waals surface area contributed by atoms with Crippen molar-refractivity contribution in [2.45, 2.75) is 0 Å². The van der Waals surface area contributed by atoms with Gasteiger partial charge in [0.05, 0.1) is 16.9 Å². The van der Waals surface area contributed by atoms with Crippen LogP contribution in [0.2, 0.25) is 5.02 Å². The first-order valence-corrected chi connectivity index (χ1v) is 5.02. The number of hydrogen-bond acceptors (Lipinski definition) is 5. The van der Waals surface area contributed by atoms with E-state index in [4.69, 9.17) is 27.3 Å². The second kappa shape index (κ2) is 4.68. The number of anilines is 1. The van der Waals surface area contributed by atoms with Gasteiger partial charge in [0.2, 0.25) is 5.88 Å². The third-order valence-corrected chi connectivity index (χ3v) is 2.12. The van der Waals surface area contributed by atoms with Crippen LogP contribution in [0, 0.1) is 11.3 Å². The maximum absolute atomic E-state index is 8.77. The minimum Gasteiger partial charge on any atom is -0.437 e. The van der Waals surface area contributed by atoms with Crippen LogP contribution in [0.15, 0.2) is 30.6 Å². The molecular weight excluding hydrogens is 240 g/mol. The zero-order chi connectivity index (χ0) is 12.3. The van der Waals surface area contributed by atoms with Crippen molar-refractivity contribution in [3.8, 4) is 17.7 Å². The molecule has 5 nitrogen and oxygen atoms in total. The summed E-state index contributed by atoms with van der Waals surface area (Å²) in [6.07, 6.45) is 2.99. The van der Waals surface area contributed by atoms with Crippen molar-refractivity contribution in [1.82, 2.24) is 9.97 Å². The van der Waals surface area contributed by atoms with Gasteiger partial charge in [-0.15, -0.1) is 0 Å². The van der Waals surface area contributed by atoms with Crippen LogP contribution in [0.25, 0.3) is 0 Å². The fourth-order valence-corrected chi connectivity index (χ4v) is 1.33. The molecule has 0 aromatic carbocycles. The molecule has 17 heavy (non-hydrogen) atoms. The number of nitrogens with two attached hydrogens (primary N) is 1. The van der Waals surface area contributed by atoms with Gasteiger partial charge in [0.15, 0.2) is 5.69 Å². The lowest BCUT2D eigenvalue weighted by molar-refractivity contribution is 0.460. The van der Waals surface area contributed by atoms with Gasteiger partial charge in [-0.05, 0) is 6.07 Å². The predicted molar refractivity (Wildman–Crippen MR) is 62.7 cm³/mol. The van der Waals surface area contributed by atoms with Crippen molar-refractivity contribution in [1.29, 1.82) is 5.26 Å². The number of rotatable bonds is 2. The fourth-order valence-electron chi connectivity index (χ4n) is 1.17. The fraction of sp³-hybridized carbons (Fsp3) is 0. The van der Waals surface area contributed by atoms with E-state index in [2.05, 4.69) is 9.97 Å². The van der Waals surface area contributed by atoms with E-state index in [0.29, 0.717) is 16.5 Å². The summed E-state index contributed by atoms with van der Waals surface area (Å²) in [7, 11) is 0. The van der Waals surface area contributed by atoms with E-state index in [9.17, 15) is 0 Å². The Morgan fingerprint density at radius 2 is 2.18 bits per heavy atom. The zero-order valence-corrected chi connectivity index (χ0v) is 9.35. The van der Waals surface area contributed by atoms with Crippen molar-refractivity contribution in [2.75, 3.05) is 5.73 Å². The number of aromatic nitrogens is 2. The van der Waals surface area contributed by atoms with E-state index in [1.807, 2.05) is 6.07 Å². The Morgan fingerprint density at radius 3 is 2.88 bits per heavy atom. The third kappa shape index (κ3) is 2.62. The number of pyridine rings is 2. The summed E-state index contributed by atoms with van der Waals surface area (Å²) in [5.41, 5.74) is 5.98. The van der Waals surface area contributed by atoms with Crippen LogP contribution in [0.4, 0.5) is 5.69 Å². The SMILES string of the molecule is N#Cc1nc(Oc2cncc(Cl)c2)ccc1N. The quantitative estimate of drug-likeness (QED) is 0.879. The van der Waals surface area contributed by atoms with Crippen molar-refractivity contribution in [3.63, 3.8) is 0 Å². The van der Waals surface area contributed by atoms with Gasteiger partial charge in [-0.1, -0.05) is 11.6 Å². The normalized spacial score (nSPS) is 9.65. The molecule has 0 amide bonds. The molecule has 84 valence electrons. The number of nitrogen functional groups attached to an aromatic ring is 1. The summed E-state index contributed by atoms with van der Waals surface area (Å²) < 4.78 is 5.39. The molecule has 0 spiro atoms. The number of nitrogens with zero attached hydrogens (tertiary/aromatic N) is 3. The van der Waals surface area contributed by atoms with Crippen LogP contribution in [0.5, 0.6) is 11.6 Å². The van der Waals surface area contributed by atoms with Crippen LogP contribution in [-0.4, -0.2) is 9.97 Å². The molecule has 2 aromatic heterocycles. The van der Waals surface area contributed by atoms with Crippen molar-refractivity contribution in [3.05, 3.63) is 41.3 Å². The molecular formula is C11H7ClN4O. The van der Waals surface area contributed by atoms with E-state index in [1.54, 1.807) is 18.2 Å². The van der Waals surface area contributed by atoms with E-state index >= 15 is 0 Å². The monoisotopic (exact) mass is 246 g/mol. The molecule has 0 fully saturated rings. The first-order chi connectivity index (χ1) is 8.19. The van der Waals surface area contributed by atoms with Crippen LogP contribution >= 0.6 is 11.6 Å². The van der Waals surface area contributed by atoms with E-state index in [-0.39, 0.29) is 11.6 Å². The number of ether oxygens (including phenoxy) is 1. The molecule has 2 rings (SSSR count). The van der Waals surface area contributed by atoms with Gasteiger partial charge in [0, 0.05) is 18.3 Å². The molecule has 0 aliphatic carbocycles. The van der Waals surface area contributed by atoms with Crippen molar-refractivity contribution < 1.29 is 4.74 Å². The second-order valence-electron chi connectivity index (χ2n) is 3.14. The molecule has 0 unspecified atom stereocenters. The number of nitriles is 1. The number of hydrogen-bond donors (Lipinski definition) is 1. The topological polar surface area (TPSA) is 84.8 Å². The van der Waals surface area contributed by atoms with Crippen molar-refractivity contribution in [2.24, 2.45) is 0 Å². The highest BCUT2D eigenvalue weighted by atomic mass is 35.5. The summed E-state index contributed by atoms with van der Waals surface area (Å²) in [5.74, 6) is 0.707. The molecule has 2 N–H and O–H groups in total. The Morgan fingerprint density at radius 1 is 1.35 bits per heavy atom. The van der Waals surface area contributed by atoms with Gasteiger partial charge in [-0.3, -0.25) is 4.98 Å². The van der Waals surface area contributed by atoms with Gasteiger partial charge in [-0.25, -0.2) is 4.98 Å². The minimum atomic E-state index is 0.123. The maximum atomic E-state index is 8.77. The minimum absolute atomic E-state index is 0.123. The zero-order valence-electron chi connectivity index (χ0n) is 8.59. The highest BCUT2D eigenvalue weighted by molar-refractivity contribution is 6.30. The molecule has 0 saturated carbocycles. The van der Waals surface area contributed by atoms with Crippen LogP contribution in [-0.2, 0) is 0 Å². The lowest BCUT2D eigenvalue weighted by atomic mass is 10.3. The van der Waals surface area contributed by atoms with Crippen LogP contribution < -0.4 is 10.5 Å². The lowest BCUT2D eigenvalue weighted by Crippen LogP contribution is -1.96. The standard InChI is InChI=1S/C11H7ClN4O/c12-7-3-8(6-15-5-7)17-11-2-1-9(14)10(4-13)16-11/h1-3,5-6H,14H2. The van der Waals surface area contributed by atoms with Crippen molar-refractivity contribution >= 4 is 17.3 Å². The summed E-state index contributed by atoms with van der Waals surface area (Å²) in [6, 6.07) is 6.59. The van der Waals surface area contributed by atoms with Gasteiger partial charge < -0.3 is 10.5 Å². The van der Waals surface area contributed by atoms with Crippen LogP contribution in [0.1, 0.15) is 5.69 Å². The molecule has 0 aliphatic heterocycles. The second-order valence-corrected chi connectivity index (χ2v) is 3.58. The average Bonchev–Trinajstić information content (AvgIpc) is 2.32. The highest BCUT2D eigenvalue weighted by Crippen LogP contribution is 2.22. The third-order valence-electron chi connectivity index (χ3n) is 1.91. The van der Waals surface area contributed by atoms with E-state index < -0.39 is 0 Å². The molecule has 2 aromatic rings. The molecule has 2 heterocycles. The largest absolute Gasteiger partial charge is 0.437 e. The van der Waals surface area contributed by atoms with Gasteiger partial charge in [0.1, 0.15) is 11.8 Å². The Hall–Kier alpha value is -2.32. The molecule has 0 radical (unpaired) electrons. The Bertz CT molecular complexity index is 594. The predicted octanol–water partition coefficient (Wildman–Crippen LogP) is 2.38. The van der Waals surface area contributed by atoms with Gasteiger partial charge in [-0.2, -0.15) is 5.26 Å². The summed E-state index contributed by atoms with van der Waals surface area (Å²) in [5, 5.41) is 9.23. The van der Waals surface area contributed by atoms with E-state index in [1.165, 1.54) is 12.4 Å². The molecule has 0 aliphatic rings. The summed E-state index contributed by atoms with van der Waals surface area (Å²) >= 11 is 5.76. The highest BCUT2D eigenvalue weighted by Gasteiger charge is 2.04. The summed E-state index contributed by atoms with van der Waals surface area (Å²) in [6.45, 7) is 0. The Balaban J connectivity index is 2.28. The molecule has 0 bridgehead atoms. The maximum Gasteiger partial charge on any atom is 0.220 e.